The molecule has 8 nitrogen and oxygen atoms in total. The van der Waals surface area contributed by atoms with Crippen LogP contribution in [0, 0.1) is 0 Å². The molecule has 0 aliphatic heterocycles. The highest BCUT2D eigenvalue weighted by Crippen LogP contribution is 2.11. The molecule has 0 aromatic heterocycles. The van der Waals surface area contributed by atoms with Crippen molar-refractivity contribution in [3.63, 3.8) is 0 Å². The van der Waals surface area contributed by atoms with Gasteiger partial charge in [-0.25, -0.2) is 4.79 Å². The van der Waals surface area contributed by atoms with Crippen LogP contribution in [-0.4, -0.2) is 80.6 Å². The number of esters is 2. The van der Waals surface area contributed by atoms with Crippen LogP contribution in [0.5, 0.6) is 0 Å². The molecule has 0 rings (SSSR count). The molecule has 0 heterocycles. The zero-order valence-electron chi connectivity index (χ0n) is 35.5. The summed E-state index contributed by atoms with van der Waals surface area (Å²) in [5.41, 5.74) is 0. The molecule has 0 bridgehead atoms. The Morgan fingerprint density at radius 3 is 1.57 bits per heavy atom. The third-order valence-corrected chi connectivity index (χ3v) is 8.51. The van der Waals surface area contributed by atoms with Crippen molar-refractivity contribution in [3.8, 4) is 0 Å². The van der Waals surface area contributed by atoms with E-state index in [0.717, 1.165) is 83.5 Å². The van der Waals surface area contributed by atoms with Gasteiger partial charge in [0.15, 0.2) is 12.1 Å². The van der Waals surface area contributed by atoms with E-state index in [-0.39, 0.29) is 42.7 Å². The molecule has 56 heavy (non-hydrogen) atoms. The molecule has 0 fully saturated rings. The first-order chi connectivity index (χ1) is 27.1. The van der Waals surface area contributed by atoms with Crippen molar-refractivity contribution in [2.24, 2.45) is 0 Å². The Bertz CT molecular complexity index is 1280. The Balaban J connectivity index is 4.52. The highest BCUT2D eigenvalue weighted by molar-refractivity contribution is 5.72. The molecular weight excluding hydrogens is 703 g/mol. The maximum atomic E-state index is 12.7. The third kappa shape index (κ3) is 35.7. The predicted octanol–water partition coefficient (Wildman–Crippen LogP) is 11.3. The summed E-state index contributed by atoms with van der Waals surface area (Å²) in [4.78, 5) is 36.9. The minimum Gasteiger partial charge on any atom is -0.477 e. The Hall–Kier alpha value is -4.01. The van der Waals surface area contributed by atoms with E-state index in [9.17, 15) is 19.5 Å². The van der Waals surface area contributed by atoms with Crippen molar-refractivity contribution < 1.29 is 38.2 Å². The third-order valence-electron chi connectivity index (χ3n) is 8.51. The summed E-state index contributed by atoms with van der Waals surface area (Å²) in [6, 6.07) is -0.634. The van der Waals surface area contributed by atoms with Gasteiger partial charge in [-0.05, 0) is 77.0 Å². The lowest BCUT2D eigenvalue weighted by Gasteiger charge is -2.31. The van der Waals surface area contributed by atoms with Gasteiger partial charge in [-0.3, -0.25) is 9.59 Å². The maximum absolute atomic E-state index is 12.7. The van der Waals surface area contributed by atoms with Gasteiger partial charge >= 0.3 is 17.9 Å². The second kappa shape index (κ2) is 37.9. The monoisotopic (exact) mass is 779 g/mol. The number of quaternary nitrogens is 1. The molecule has 0 aromatic rings. The van der Waals surface area contributed by atoms with Crippen LogP contribution in [0.4, 0.5) is 0 Å². The van der Waals surface area contributed by atoms with Gasteiger partial charge in [0.05, 0.1) is 34.4 Å². The molecule has 2 unspecified atom stereocenters. The zero-order chi connectivity index (χ0) is 41.4. The fraction of sp³-hybridized carbons (Fsp3) is 0.562. The van der Waals surface area contributed by atoms with Gasteiger partial charge in [-0.1, -0.05) is 136 Å². The topological polar surface area (TPSA) is 99.1 Å². The minimum atomic E-state index is -0.893. The standard InChI is InChI=1S/C48H75NO7/c1-6-8-10-12-14-16-18-20-21-22-23-24-25-27-29-31-33-35-37-39-47(51)56-44(42-54-41-40-45(48(52)53)49(3,4)5)43-55-46(50)38-36-34-32-30-28-26-19-17-15-13-11-9-7-2/h8-11,13-17,19-21,23-24,26-29,44-45H,6-7,12,18,22,25,30-43H2,1-5H3/p+1/b10-8+,11-9+,15-13+,16-14+,19-17+,21-20+,24-23+,28-26+,29-27+. The van der Waals surface area contributed by atoms with Crippen LogP contribution in [0.15, 0.2) is 109 Å². The van der Waals surface area contributed by atoms with Gasteiger partial charge < -0.3 is 23.8 Å². The lowest BCUT2D eigenvalue weighted by molar-refractivity contribution is -0.887. The summed E-state index contributed by atoms with van der Waals surface area (Å²) in [5.74, 6) is -1.58. The second-order valence-corrected chi connectivity index (χ2v) is 14.6. The van der Waals surface area contributed by atoms with E-state index in [2.05, 4.69) is 86.8 Å². The fourth-order valence-corrected chi connectivity index (χ4v) is 5.30. The van der Waals surface area contributed by atoms with E-state index >= 15 is 0 Å². The lowest BCUT2D eigenvalue weighted by atomic mass is 10.1. The summed E-state index contributed by atoms with van der Waals surface area (Å²) in [7, 11) is 5.48. The van der Waals surface area contributed by atoms with Gasteiger partial charge in [0.2, 0.25) is 0 Å². The molecule has 8 heteroatoms. The first kappa shape index (κ1) is 52.0. The number of hydrogen-bond acceptors (Lipinski definition) is 6. The predicted molar refractivity (Wildman–Crippen MR) is 233 cm³/mol. The number of ether oxygens (including phenoxy) is 3. The van der Waals surface area contributed by atoms with Crippen molar-refractivity contribution >= 4 is 17.9 Å². The Morgan fingerprint density at radius 1 is 0.554 bits per heavy atom. The van der Waals surface area contributed by atoms with E-state index in [0.29, 0.717) is 19.3 Å². The molecule has 314 valence electrons. The zero-order valence-corrected chi connectivity index (χ0v) is 35.5. The lowest BCUT2D eigenvalue weighted by Crippen LogP contribution is -2.50. The van der Waals surface area contributed by atoms with Gasteiger partial charge in [0, 0.05) is 19.3 Å². The van der Waals surface area contributed by atoms with Crippen LogP contribution in [0.2, 0.25) is 0 Å². The van der Waals surface area contributed by atoms with Crippen LogP contribution in [0.25, 0.3) is 0 Å². The molecular formula is C48H76NO7+. The first-order valence-electron chi connectivity index (χ1n) is 21.0. The van der Waals surface area contributed by atoms with E-state index < -0.39 is 18.1 Å². The molecule has 0 amide bonds. The summed E-state index contributed by atoms with van der Waals surface area (Å²) >= 11 is 0. The number of carboxylic acid groups (broad SMARTS) is 1. The minimum absolute atomic E-state index is 0.0264. The quantitative estimate of drug-likeness (QED) is 0.0225. The summed E-state index contributed by atoms with van der Waals surface area (Å²) in [5, 5.41) is 9.61. The van der Waals surface area contributed by atoms with Crippen molar-refractivity contribution in [2.45, 2.75) is 135 Å². The maximum Gasteiger partial charge on any atom is 0.362 e. The molecule has 0 aromatic carbocycles. The molecule has 0 radical (unpaired) electrons. The number of allylic oxidation sites excluding steroid dienone is 18. The molecule has 0 spiro atoms. The number of hydrogen-bond donors (Lipinski definition) is 1. The molecule has 1 N–H and O–H groups in total. The number of aliphatic carboxylic acids is 1. The van der Waals surface area contributed by atoms with Crippen molar-refractivity contribution in [3.05, 3.63) is 109 Å². The highest BCUT2D eigenvalue weighted by atomic mass is 16.6. The molecule has 0 saturated carbocycles. The largest absolute Gasteiger partial charge is 0.477 e. The SMILES string of the molecule is CC/C=C/C=C/C=C/C=C/CCCCCC(=O)OCC(COCCC(C(=O)O)[N+](C)(C)C)OC(=O)CCCCC/C=C/C/C=C/C/C=C/C/C=C/C/C=C/CC. The van der Waals surface area contributed by atoms with Gasteiger partial charge in [-0.15, -0.1) is 0 Å². The molecule has 0 saturated heterocycles. The van der Waals surface area contributed by atoms with E-state index in [4.69, 9.17) is 14.2 Å². The van der Waals surface area contributed by atoms with Gasteiger partial charge in [0.1, 0.15) is 6.61 Å². The number of carbonyl (C=O) groups excluding carboxylic acids is 2. The summed E-state index contributed by atoms with van der Waals surface area (Å²) < 4.78 is 17.2. The smallest absolute Gasteiger partial charge is 0.362 e. The van der Waals surface area contributed by atoms with Crippen LogP contribution < -0.4 is 0 Å². The van der Waals surface area contributed by atoms with Crippen molar-refractivity contribution in [2.75, 3.05) is 41.0 Å². The normalized spacial score (nSPS) is 14.1. The number of nitrogens with zero attached hydrogens (tertiary/aromatic N) is 1. The van der Waals surface area contributed by atoms with Crippen LogP contribution >= 0.6 is 0 Å². The number of carbonyl (C=O) groups is 3. The van der Waals surface area contributed by atoms with Crippen LogP contribution in [-0.2, 0) is 28.6 Å². The van der Waals surface area contributed by atoms with E-state index in [1.807, 2.05) is 57.6 Å². The first-order valence-corrected chi connectivity index (χ1v) is 21.0. The molecule has 0 aliphatic rings. The number of rotatable bonds is 35. The Kier molecular flexibility index (Phi) is 35.2. The molecule has 0 aliphatic carbocycles. The number of likely N-dealkylation sites (N-methyl/N-ethyl adjacent to an activating group) is 1. The van der Waals surface area contributed by atoms with Crippen molar-refractivity contribution in [1.29, 1.82) is 0 Å². The summed E-state index contributed by atoms with van der Waals surface area (Å²) in [6.45, 7) is 4.36. The van der Waals surface area contributed by atoms with Crippen LogP contribution in [0.3, 0.4) is 0 Å². The van der Waals surface area contributed by atoms with Gasteiger partial charge in [0.25, 0.3) is 0 Å². The fourth-order valence-electron chi connectivity index (χ4n) is 5.30. The number of unbranched alkanes of at least 4 members (excludes halogenated alkanes) is 6. The second-order valence-electron chi connectivity index (χ2n) is 14.6. The Labute approximate surface area is 340 Å². The van der Waals surface area contributed by atoms with E-state index in [1.165, 1.54) is 0 Å². The average Bonchev–Trinajstić information content (AvgIpc) is 3.15. The van der Waals surface area contributed by atoms with E-state index in [1.54, 1.807) is 0 Å². The highest BCUT2D eigenvalue weighted by Gasteiger charge is 2.31. The van der Waals surface area contributed by atoms with Gasteiger partial charge in [-0.2, -0.15) is 0 Å². The summed E-state index contributed by atoms with van der Waals surface area (Å²) in [6.07, 6.45) is 51.4. The van der Waals surface area contributed by atoms with Crippen LogP contribution in [0.1, 0.15) is 123 Å². The number of carboxylic acids is 1. The Morgan fingerprint density at radius 2 is 1.04 bits per heavy atom. The molecule has 2 atom stereocenters. The average molecular weight is 779 g/mol. The van der Waals surface area contributed by atoms with Crippen molar-refractivity contribution in [1.82, 2.24) is 0 Å².